The van der Waals surface area contributed by atoms with Crippen LogP contribution in [-0.2, 0) is 4.74 Å². The van der Waals surface area contributed by atoms with Gasteiger partial charge in [-0.25, -0.2) is 23.5 Å². The van der Waals surface area contributed by atoms with Crippen LogP contribution in [0.25, 0.3) is 0 Å². The summed E-state index contributed by atoms with van der Waals surface area (Å²) in [5.41, 5.74) is 0. The third-order valence-electron chi connectivity index (χ3n) is 4.28. The Hall–Kier alpha value is -2.19. The Bertz CT molecular complexity index is 586. The molecular formula is C15H20F2N4O3. The number of nitrogens with zero attached hydrogens (tertiary/aromatic N) is 3. The highest BCUT2D eigenvalue weighted by Crippen LogP contribution is 2.34. The van der Waals surface area contributed by atoms with Crippen molar-refractivity contribution in [3.63, 3.8) is 0 Å². The molecule has 1 aliphatic heterocycles. The van der Waals surface area contributed by atoms with E-state index >= 15 is 0 Å². The third-order valence-corrected chi connectivity index (χ3v) is 4.28. The summed E-state index contributed by atoms with van der Waals surface area (Å²) in [7, 11) is 1.33. The van der Waals surface area contributed by atoms with Crippen molar-refractivity contribution in [3.8, 4) is 5.88 Å². The first-order valence-electron chi connectivity index (χ1n) is 7.91. The zero-order chi connectivity index (χ0) is 17.2. The molecule has 7 nitrogen and oxygen atoms in total. The summed E-state index contributed by atoms with van der Waals surface area (Å²) < 4.78 is 36.6. The Kier molecular flexibility index (Phi) is 4.68. The number of rotatable bonds is 4. The molecule has 24 heavy (non-hydrogen) atoms. The minimum absolute atomic E-state index is 0.0223. The number of halogens is 2. The molecular weight excluding hydrogens is 322 g/mol. The quantitative estimate of drug-likeness (QED) is 0.905. The number of likely N-dealkylation sites (tertiary alicyclic amines) is 1. The predicted octanol–water partition coefficient (Wildman–Crippen LogP) is 2.30. The van der Waals surface area contributed by atoms with Gasteiger partial charge in [-0.2, -0.15) is 0 Å². The van der Waals surface area contributed by atoms with Gasteiger partial charge in [-0.3, -0.25) is 0 Å². The van der Waals surface area contributed by atoms with Crippen LogP contribution in [-0.4, -0.2) is 59.2 Å². The van der Waals surface area contributed by atoms with Gasteiger partial charge in [0.15, 0.2) is 0 Å². The Labute approximate surface area is 138 Å². The minimum atomic E-state index is -2.55. The summed E-state index contributed by atoms with van der Waals surface area (Å²) in [6.45, 7) is 0.883. The first-order chi connectivity index (χ1) is 11.4. The van der Waals surface area contributed by atoms with Gasteiger partial charge in [-0.05, 0) is 12.8 Å². The van der Waals surface area contributed by atoms with Crippen molar-refractivity contribution in [2.75, 3.05) is 25.5 Å². The van der Waals surface area contributed by atoms with E-state index in [1.54, 1.807) is 6.07 Å². The van der Waals surface area contributed by atoms with Crippen LogP contribution in [0.5, 0.6) is 5.88 Å². The van der Waals surface area contributed by atoms with E-state index in [0.717, 1.165) is 0 Å². The largest absolute Gasteiger partial charge is 0.470 e. The van der Waals surface area contributed by atoms with Crippen molar-refractivity contribution in [2.45, 2.75) is 43.8 Å². The highest BCUT2D eigenvalue weighted by atomic mass is 19.3. The molecule has 1 N–H and O–H groups in total. The molecule has 3 rings (SSSR count). The van der Waals surface area contributed by atoms with Crippen LogP contribution in [0.15, 0.2) is 12.4 Å². The molecule has 2 aliphatic rings. The molecule has 0 radical (unpaired) electrons. The summed E-state index contributed by atoms with van der Waals surface area (Å²) in [6, 6.07) is 1.62. The minimum Gasteiger partial charge on any atom is -0.470 e. The van der Waals surface area contributed by atoms with Gasteiger partial charge in [-0.1, -0.05) is 0 Å². The van der Waals surface area contributed by atoms with Gasteiger partial charge in [-0.15, -0.1) is 0 Å². The Balaban J connectivity index is 1.49. The van der Waals surface area contributed by atoms with Gasteiger partial charge in [0.1, 0.15) is 18.2 Å². The first kappa shape index (κ1) is 16.7. The number of methoxy groups -OCH3 is 1. The summed E-state index contributed by atoms with van der Waals surface area (Å²) >= 11 is 0. The summed E-state index contributed by atoms with van der Waals surface area (Å²) in [6.07, 6.45) is 1.45. The topological polar surface area (TPSA) is 76.6 Å². The van der Waals surface area contributed by atoms with Crippen LogP contribution in [0.1, 0.15) is 25.7 Å². The van der Waals surface area contributed by atoms with Crippen molar-refractivity contribution < 1.29 is 23.0 Å². The van der Waals surface area contributed by atoms with Gasteiger partial charge in [0.05, 0.1) is 20.2 Å². The van der Waals surface area contributed by atoms with Crippen molar-refractivity contribution in [1.82, 2.24) is 14.9 Å². The number of carbonyl (C=O) groups is 1. The van der Waals surface area contributed by atoms with Gasteiger partial charge in [0, 0.05) is 24.9 Å². The summed E-state index contributed by atoms with van der Waals surface area (Å²) in [4.78, 5) is 20.9. The van der Waals surface area contributed by atoms with Crippen molar-refractivity contribution in [3.05, 3.63) is 12.4 Å². The van der Waals surface area contributed by atoms with Crippen molar-refractivity contribution in [1.29, 1.82) is 0 Å². The highest BCUT2D eigenvalue weighted by Gasteiger charge is 2.35. The molecule has 0 spiro atoms. The lowest BCUT2D eigenvalue weighted by molar-refractivity contribution is -0.0361. The van der Waals surface area contributed by atoms with E-state index in [-0.39, 0.29) is 31.1 Å². The molecule has 0 aromatic carbocycles. The second-order valence-corrected chi connectivity index (χ2v) is 6.13. The monoisotopic (exact) mass is 342 g/mol. The van der Waals surface area contributed by atoms with Crippen molar-refractivity contribution in [2.24, 2.45) is 0 Å². The molecule has 132 valence electrons. The Morgan fingerprint density at radius 2 is 2.04 bits per heavy atom. The average molecular weight is 342 g/mol. The van der Waals surface area contributed by atoms with E-state index in [4.69, 9.17) is 4.74 Å². The molecule has 9 heteroatoms. The van der Waals surface area contributed by atoms with Crippen LogP contribution in [0.3, 0.4) is 0 Å². The SMILES string of the molecule is COC(=O)N1CC(Oc2cc(NC3CCC(F)(F)CC3)ncn2)C1. The molecule has 0 unspecified atom stereocenters. The average Bonchev–Trinajstić information content (AvgIpc) is 2.52. The fraction of sp³-hybridized carbons (Fsp3) is 0.667. The molecule has 1 aromatic heterocycles. The zero-order valence-corrected chi connectivity index (χ0v) is 13.4. The lowest BCUT2D eigenvalue weighted by atomic mass is 9.92. The number of hydrogen-bond acceptors (Lipinski definition) is 6. The molecule has 1 amide bonds. The van der Waals surface area contributed by atoms with Crippen LogP contribution < -0.4 is 10.1 Å². The highest BCUT2D eigenvalue weighted by molar-refractivity contribution is 5.68. The standard InChI is InChI=1S/C15H20F2N4O3/c1-23-14(22)21-7-11(8-21)24-13-6-12(18-9-19-13)20-10-2-4-15(16,17)5-3-10/h6,9-11H,2-5,7-8H2,1H3,(H,18,19,20). The summed E-state index contributed by atoms with van der Waals surface area (Å²) in [5, 5.41) is 3.16. The summed E-state index contributed by atoms with van der Waals surface area (Å²) in [5.74, 6) is -1.60. The number of alkyl halides is 2. The van der Waals surface area contributed by atoms with Gasteiger partial charge >= 0.3 is 6.09 Å². The molecule has 0 bridgehead atoms. The predicted molar refractivity (Wildman–Crippen MR) is 81.3 cm³/mol. The molecule has 1 saturated heterocycles. The maximum atomic E-state index is 13.2. The van der Waals surface area contributed by atoms with E-state index < -0.39 is 5.92 Å². The van der Waals surface area contributed by atoms with E-state index in [1.807, 2.05) is 0 Å². The van der Waals surface area contributed by atoms with E-state index in [0.29, 0.717) is 37.6 Å². The van der Waals surface area contributed by atoms with Crippen LogP contribution in [0.2, 0.25) is 0 Å². The lowest BCUT2D eigenvalue weighted by Gasteiger charge is -2.37. The van der Waals surface area contributed by atoms with E-state index in [2.05, 4.69) is 20.0 Å². The fourth-order valence-electron chi connectivity index (χ4n) is 2.84. The molecule has 1 aliphatic carbocycles. The fourth-order valence-corrected chi connectivity index (χ4v) is 2.84. The van der Waals surface area contributed by atoms with E-state index in [1.165, 1.54) is 18.3 Å². The van der Waals surface area contributed by atoms with Crippen LogP contribution in [0.4, 0.5) is 19.4 Å². The van der Waals surface area contributed by atoms with E-state index in [9.17, 15) is 13.6 Å². The normalized spacial score (nSPS) is 21.0. The number of amides is 1. The molecule has 0 atom stereocenters. The lowest BCUT2D eigenvalue weighted by Crippen LogP contribution is -2.56. The smallest absolute Gasteiger partial charge is 0.409 e. The van der Waals surface area contributed by atoms with Gasteiger partial charge in [0.2, 0.25) is 11.8 Å². The Morgan fingerprint density at radius 1 is 1.33 bits per heavy atom. The zero-order valence-electron chi connectivity index (χ0n) is 13.4. The van der Waals surface area contributed by atoms with Gasteiger partial charge in [0.25, 0.3) is 0 Å². The molecule has 1 aromatic rings. The second-order valence-electron chi connectivity index (χ2n) is 6.13. The Morgan fingerprint density at radius 3 is 2.71 bits per heavy atom. The number of carbonyl (C=O) groups excluding carboxylic acids is 1. The molecule has 2 heterocycles. The number of aromatic nitrogens is 2. The van der Waals surface area contributed by atoms with Crippen molar-refractivity contribution >= 4 is 11.9 Å². The molecule has 1 saturated carbocycles. The second kappa shape index (κ2) is 6.74. The maximum absolute atomic E-state index is 13.2. The number of anilines is 1. The number of ether oxygens (including phenoxy) is 2. The first-order valence-corrected chi connectivity index (χ1v) is 7.91. The number of hydrogen-bond donors (Lipinski definition) is 1. The third kappa shape index (κ3) is 4.01. The maximum Gasteiger partial charge on any atom is 0.409 e. The van der Waals surface area contributed by atoms with Crippen LogP contribution in [0, 0.1) is 0 Å². The molecule has 2 fully saturated rings. The van der Waals surface area contributed by atoms with Crippen LogP contribution >= 0.6 is 0 Å². The number of nitrogens with one attached hydrogen (secondary N) is 1. The van der Waals surface area contributed by atoms with Gasteiger partial charge < -0.3 is 19.7 Å².